The largest absolute Gasteiger partial charge is 0.490 e. The van der Waals surface area contributed by atoms with Gasteiger partial charge < -0.3 is 24.0 Å². The molecule has 1 spiro atoms. The molecule has 9 nitrogen and oxygen atoms in total. The molecule has 0 atom stereocenters. The van der Waals surface area contributed by atoms with Crippen LogP contribution in [0.25, 0.3) is 0 Å². The van der Waals surface area contributed by atoms with Crippen LogP contribution in [0.4, 0.5) is 10.7 Å². The van der Waals surface area contributed by atoms with Gasteiger partial charge in [0.2, 0.25) is 5.95 Å². The van der Waals surface area contributed by atoms with Crippen molar-refractivity contribution in [3.05, 3.63) is 77.6 Å². The first kappa shape index (κ1) is 30.9. The third-order valence-corrected chi connectivity index (χ3v) is 9.12. The summed E-state index contributed by atoms with van der Waals surface area (Å²) in [5.41, 5.74) is 2.67. The van der Waals surface area contributed by atoms with Crippen molar-refractivity contribution in [2.24, 2.45) is 5.41 Å². The molecule has 1 amide bonds. The standard InChI is InChI=1S/C36H44N4O5/c1-34(2,3)45-33(42)39-18-15-31(16-19-39)44-30-12-8-26(9-13-30)35(4,5)25-6-10-29(11-7-25)43-22-27-14-17-37-32(38-27)40-23-36(24-40)20-28(41)21-36/h6-14,17,31H,15-16,18-24H2,1-5H3. The lowest BCUT2D eigenvalue weighted by Gasteiger charge is -2.54. The van der Waals surface area contributed by atoms with E-state index >= 15 is 0 Å². The molecule has 1 aromatic heterocycles. The number of benzene rings is 2. The molecule has 3 heterocycles. The van der Waals surface area contributed by atoms with Crippen LogP contribution in [0.1, 0.15) is 77.1 Å². The van der Waals surface area contributed by atoms with Crippen LogP contribution in [0.5, 0.6) is 11.5 Å². The second-order valence-electron chi connectivity index (χ2n) is 14.3. The Balaban J connectivity index is 0.987. The number of piperidine rings is 1. The Labute approximate surface area is 265 Å². The van der Waals surface area contributed by atoms with Crippen molar-refractivity contribution < 1.29 is 23.8 Å². The number of carbonyl (C=O) groups is 2. The number of rotatable bonds is 8. The van der Waals surface area contributed by atoms with E-state index in [0.29, 0.717) is 44.3 Å². The van der Waals surface area contributed by atoms with E-state index in [9.17, 15) is 9.59 Å². The number of Topliss-reactive ketones (excluding diaryl/α,β-unsaturated/α-hetero) is 1. The van der Waals surface area contributed by atoms with Gasteiger partial charge in [0.05, 0.1) is 5.69 Å². The third kappa shape index (κ3) is 7.08. The molecule has 9 heteroatoms. The quantitative estimate of drug-likeness (QED) is 0.291. The van der Waals surface area contributed by atoms with Crippen molar-refractivity contribution in [3.8, 4) is 11.5 Å². The molecule has 0 bridgehead atoms. The number of hydrogen-bond acceptors (Lipinski definition) is 8. The first-order valence-corrected chi connectivity index (χ1v) is 15.9. The van der Waals surface area contributed by atoms with Crippen LogP contribution in [-0.2, 0) is 21.6 Å². The minimum atomic E-state index is -0.488. The molecule has 3 aromatic rings. The maximum atomic E-state index is 12.4. The molecule has 0 radical (unpaired) electrons. The fraction of sp³-hybridized carbons (Fsp3) is 0.500. The fourth-order valence-electron chi connectivity index (χ4n) is 6.45. The van der Waals surface area contributed by atoms with Gasteiger partial charge in [-0.3, -0.25) is 4.79 Å². The van der Waals surface area contributed by atoms with Gasteiger partial charge in [-0.25, -0.2) is 14.8 Å². The number of amides is 1. The van der Waals surface area contributed by atoms with Crippen LogP contribution in [0.2, 0.25) is 0 Å². The van der Waals surface area contributed by atoms with E-state index in [1.807, 2.05) is 51.1 Å². The van der Waals surface area contributed by atoms with Crippen LogP contribution in [0, 0.1) is 5.41 Å². The van der Waals surface area contributed by atoms with E-state index in [4.69, 9.17) is 14.2 Å². The van der Waals surface area contributed by atoms with Crippen LogP contribution in [0.3, 0.4) is 0 Å². The Hall–Kier alpha value is -4.14. The molecule has 2 aromatic carbocycles. The maximum absolute atomic E-state index is 12.4. The summed E-state index contributed by atoms with van der Waals surface area (Å²) in [6.45, 7) is 13.4. The average molecular weight is 613 g/mol. The van der Waals surface area contributed by atoms with Gasteiger partial charge in [0, 0.05) is 68.9 Å². The molecule has 6 rings (SSSR count). The Kier molecular flexibility index (Phi) is 8.22. The summed E-state index contributed by atoms with van der Waals surface area (Å²) < 4.78 is 17.8. The van der Waals surface area contributed by atoms with E-state index in [1.165, 1.54) is 11.1 Å². The smallest absolute Gasteiger partial charge is 0.410 e. The average Bonchev–Trinajstić information content (AvgIpc) is 2.97. The summed E-state index contributed by atoms with van der Waals surface area (Å²) in [6.07, 6.45) is 4.54. The topological polar surface area (TPSA) is 94.1 Å². The second-order valence-corrected chi connectivity index (χ2v) is 14.3. The molecular weight excluding hydrogens is 568 g/mol. The summed E-state index contributed by atoms with van der Waals surface area (Å²) >= 11 is 0. The molecule has 1 aliphatic carbocycles. The molecule has 3 fully saturated rings. The van der Waals surface area contributed by atoms with Crippen LogP contribution in [-0.4, -0.2) is 64.6 Å². The van der Waals surface area contributed by atoms with Gasteiger partial charge in [0.15, 0.2) is 0 Å². The lowest BCUT2D eigenvalue weighted by atomic mass is 9.63. The van der Waals surface area contributed by atoms with E-state index in [2.05, 4.69) is 53.0 Å². The summed E-state index contributed by atoms with van der Waals surface area (Å²) in [5.74, 6) is 2.69. The summed E-state index contributed by atoms with van der Waals surface area (Å²) in [7, 11) is 0. The highest BCUT2D eigenvalue weighted by Gasteiger charge is 2.52. The molecule has 3 aliphatic rings. The number of aromatic nitrogens is 2. The zero-order chi connectivity index (χ0) is 31.8. The molecule has 1 saturated carbocycles. The van der Waals surface area contributed by atoms with Gasteiger partial charge in [-0.15, -0.1) is 0 Å². The normalized spacial score (nSPS) is 18.3. The van der Waals surface area contributed by atoms with Crippen LogP contribution < -0.4 is 14.4 Å². The zero-order valence-corrected chi connectivity index (χ0v) is 27.0. The van der Waals surface area contributed by atoms with Gasteiger partial charge in [-0.2, -0.15) is 0 Å². The third-order valence-electron chi connectivity index (χ3n) is 9.12. The van der Waals surface area contributed by atoms with Crippen molar-refractivity contribution in [1.82, 2.24) is 14.9 Å². The molecule has 238 valence electrons. The number of ketones is 1. The number of likely N-dealkylation sites (tertiary alicyclic amines) is 1. The minimum absolute atomic E-state index is 0.0751. The monoisotopic (exact) mass is 612 g/mol. The Morgan fingerprint density at radius 1 is 0.889 bits per heavy atom. The number of carbonyl (C=O) groups excluding carboxylic acids is 2. The summed E-state index contributed by atoms with van der Waals surface area (Å²) in [6, 6.07) is 18.5. The van der Waals surface area contributed by atoms with Crippen LogP contribution >= 0.6 is 0 Å². The maximum Gasteiger partial charge on any atom is 0.410 e. The summed E-state index contributed by atoms with van der Waals surface area (Å²) in [5, 5.41) is 0. The number of ether oxygens (including phenoxy) is 3. The predicted octanol–water partition coefficient (Wildman–Crippen LogP) is 6.33. The highest BCUT2D eigenvalue weighted by molar-refractivity contribution is 5.87. The van der Waals surface area contributed by atoms with E-state index in [-0.39, 0.29) is 23.0 Å². The van der Waals surface area contributed by atoms with Crippen molar-refractivity contribution in [2.45, 2.75) is 84.0 Å². The van der Waals surface area contributed by atoms with Crippen LogP contribution in [0.15, 0.2) is 60.8 Å². The van der Waals surface area contributed by atoms with Crippen molar-refractivity contribution in [3.63, 3.8) is 0 Å². The van der Waals surface area contributed by atoms with E-state index < -0.39 is 5.60 Å². The molecular formula is C36H44N4O5. The Bertz CT molecular complexity index is 1510. The first-order chi connectivity index (χ1) is 21.4. The van der Waals surface area contributed by atoms with E-state index in [1.54, 1.807) is 11.1 Å². The van der Waals surface area contributed by atoms with Crippen molar-refractivity contribution in [1.29, 1.82) is 0 Å². The Morgan fingerprint density at radius 3 is 2.07 bits per heavy atom. The number of hydrogen-bond donors (Lipinski definition) is 0. The fourth-order valence-corrected chi connectivity index (χ4v) is 6.45. The van der Waals surface area contributed by atoms with Gasteiger partial charge in [0.1, 0.15) is 35.6 Å². The minimum Gasteiger partial charge on any atom is -0.490 e. The van der Waals surface area contributed by atoms with Crippen molar-refractivity contribution in [2.75, 3.05) is 31.1 Å². The van der Waals surface area contributed by atoms with Crippen molar-refractivity contribution >= 4 is 17.8 Å². The lowest BCUT2D eigenvalue weighted by molar-refractivity contribution is -0.134. The molecule has 2 saturated heterocycles. The molecule has 0 N–H and O–H groups in total. The predicted molar refractivity (Wildman–Crippen MR) is 172 cm³/mol. The van der Waals surface area contributed by atoms with Gasteiger partial charge in [-0.05, 0) is 62.2 Å². The summed E-state index contributed by atoms with van der Waals surface area (Å²) in [4.78, 5) is 36.8. The number of nitrogens with zero attached hydrogens (tertiary/aromatic N) is 4. The SMILES string of the molecule is CC(C)(C)OC(=O)N1CCC(Oc2ccc(C(C)(C)c3ccc(OCc4ccnc(N5CC6(CC(=O)C6)C5)n4)cc3)cc2)CC1. The highest BCUT2D eigenvalue weighted by atomic mass is 16.6. The lowest BCUT2D eigenvalue weighted by Crippen LogP contribution is -2.63. The molecule has 0 unspecified atom stereocenters. The Morgan fingerprint density at radius 2 is 1.49 bits per heavy atom. The van der Waals surface area contributed by atoms with Gasteiger partial charge in [0.25, 0.3) is 0 Å². The van der Waals surface area contributed by atoms with Gasteiger partial charge in [-0.1, -0.05) is 38.1 Å². The zero-order valence-electron chi connectivity index (χ0n) is 27.0. The second kappa shape index (κ2) is 12.0. The van der Waals surface area contributed by atoms with E-state index in [0.717, 1.165) is 43.1 Å². The molecule has 2 aliphatic heterocycles. The molecule has 45 heavy (non-hydrogen) atoms. The van der Waals surface area contributed by atoms with Gasteiger partial charge >= 0.3 is 6.09 Å². The number of anilines is 1. The highest BCUT2D eigenvalue weighted by Crippen LogP contribution is 2.46. The first-order valence-electron chi connectivity index (χ1n) is 15.9.